The normalized spacial score (nSPS) is 14.5. The van der Waals surface area contributed by atoms with Gasteiger partial charge in [0.25, 0.3) is 5.91 Å². The Morgan fingerprint density at radius 2 is 1.80 bits per heavy atom. The van der Waals surface area contributed by atoms with Crippen LogP contribution < -0.4 is 19.5 Å². The molecule has 0 unspecified atom stereocenters. The lowest BCUT2D eigenvalue weighted by molar-refractivity contribution is -0.119. The highest BCUT2D eigenvalue weighted by atomic mass is 79.9. The van der Waals surface area contributed by atoms with E-state index in [9.17, 15) is 14.4 Å². The molecule has 1 aromatic heterocycles. The van der Waals surface area contributed by atoms with Gasteiger partial charge in [0.15, 0.2) is 18.1 Å². The zero-order valence-electron chi connectivity index (χ0n) is 20.2. The number of methoxy groups -OCH3 is 3. The van der Waals surface area contributed by atoms with Crippen LogP contribution in [-0.4, -0.2) is 52.4 Å². The third-order valence-corrected chi connectivity index (χ3v) is 7.52. The number of rotatable bonds is 9. The van der Waals surface area contributed by atoms with Crippen LogP contribution in [0.5, 0.6) is 17.2 Å². The molecule has 9 nitrogen and oxygen atoms in total. The molecule has 0 spiro atoms. The number of nitrogens with one attached hydrogen (secondary N) is 1. The molecule has 1 aliphatic rings. The average Bonchev–Trinajstić information content (AvgIpc) is 3.18. The van der Waals surface area contributed by atoms with E-state index in [1.165, 1.54) is 38.7 Å². The first-order valence-electron chi connectivity index (χ1n) is 11.0. The molecule has 2 aromatic rings. The van der Waals surface area contributed by atoms with Gasteiger partial charge in [-0.1, -0.05) is 6.92 Å². The van der Waals surface area contributed by atoms with Crippen LogP contribution in [0.15, 0.2) is 10.5 Å². The Kier molecular flexibility index (Phi) is 9.01. The number of anilines is 1. The van der Waals surface area contributed by atoms with Crippen LogP contribution in [0.2, 0.25) is 0 Å². The first-order valence-corrected chi connectivity index (χ1v) is 12.6. The molecule has 1 aliphatic carbocycles. The maximum absolute atomic E-state index is 12.8. The van der Waals surface area contributed by atoms with Gasteiger partial charge in [0.05, 0.1) is 43.5 Å². The third kappa shape index (κ3) is 5.72. The highest BCUT2D eigenvalue weighted by Crippen LogP contribution is 2.45. The second kappa shape index (κ2) is 11.8. The minimum absolute atomic E-state index is 0.0973. The fourth-order valence-electron chi connectivity index (χ4n) is 3.90. The van der Waals surface area contributed by atoms with Crippen LogP contribution in [0, 0.1) is 5.92 Å². The monoisotopic (exact) mass is 569 g/mol. The van der Waals surface area contributed by atoms with Crippen molar-refractivity contribution in [3.05, 3.63) is 32.1 Å². The number of benzene rings is 1. The zero-order valence-corrected chi connectivity index (χ0v) is 22.6. The minimum Gasteiger partial charge on any atom is -0.493 e. The van der Waals surface area contributed by atoms with Gasteiger partial charge in [-0.15, -0.1) is 11.3 Å². The molecule has 1 N–H and O–H groups in total. The Bertz CT molecular complexity index is 1130. The van der Waals surface area contributed by atoms with Crippen molar-refractivity contribution >= 4 is 50.1 Å². The number of ether oxygens (including phenoxy) is 5. The molecule has 190 valence electrons. The summed E-state index contributed by atoms with van der Waals surface area (Å²) in [5.74, 6) is -0.484. The Labute approximate surface area is 216 Å². The van der Waals surface area contributed by atoms with E-state index in [0.29, 0.717) is 26.7 Å². The maximum atomic E-state index is 12.8. The molecule has 0 aliphatic heterocycles. The van der Waals surface area contributed by atoms with E-state index in [4.69, 9.17) is 23.7 Å². The zero-order chi connectivity index (χ0) is 25.7. The molecule has 11 heteroatoms. The summed E-state index contributed by atoms with van der Waals surface area (Å²) in [5.41, 5.74) is 1.42. The fraction of sp³-hybridized carbons (Fsp3) is 0.458. The van der Waals surface area contributed by atoms with Gasteiger partial charge in [0.1, 0.15) is 5.00 Å². The van der Waals surface area contributed by atoms with Crippen LogP contribution >= 0.6 is 27.3 Å². The van der Waals surface area contributed by atoms with E-state index in [1.807, 2.05) is 0 Å². The van der Waals surface area contributed by atoms with Gasteiger partial charge in [-0.25, -0.2) is 9.59 Å². The molecular weight excluding hydrogens is 542 g/mol. The molecule has 0 radical (unpaired) electrons. The second-order valence-electron chi connectivity index (χ2n) is 7.91. The number of amides is 1. The Hall–Kier alpha value is -2.79. The van der Waals surface area contributed by atoms with E-state index < -0.39 is 24.5 Å². The smallest absolute Gasteiger partial charge is 0.341 e. The number of carbonyl (C=O) groups is 3. The highest BCUT2D eigenvalue weighted by molar-refractivity contribution is 9.10. The summed E-state index contributed by atoms with van der Waals surface area (Å²) >= 11 is 4.69. The van der Waals surface area contributed by atoms with Gasteiger partial charge in [-0.05, 0) is 59.7 Å². The fourth-order valence-corrected chi connectivity index (χ4v) is 5.93. The Morgan fingerprint density at radius 1 is 1.09 bits per heavy atom. The van der Waals surface area contributed by atoms with E-state index in [0.717, 1.165) is 29.7 Å². The van der Waals surface area contributed by atoms with Crippen molar-refractivity contribution in [3.63, 3.8) is 0 Å². The van der Waals surface area contributed by atoms with Crippen molar-refractivity contribution in [1.82, 2.24) is 0 Å². The van der Waals surface area contributed by atoms with Crippen LogP contribution in [0.1, 0.15) is 51.4 Å². The second-order valence-corrected chi connectivity index (χ2v) is 9.81. The molecule has 0 saturated heterocycles. The number of hydrogen-bond acceptors (Lipinski definition) is 9. The van der Waals surface area contributed by atoms with Gasteiger partial charge in [0, 0.05) is 4.88 Å². The Balaban J connectivity index is 1.77. The van der Waals surface area contributed by atoms with E-state index in [-0.39, 0.29) is 23.7 Å². The molecule has 1 atom stereocenters. The van der Waals surface area contributed by atoms with Crippen molar-refractivity contribution < 1.29 is 38.1 Å². The molecule has 3 rings (SSSR count). The first kappa shape index (κ1) is 26.8. The van der Waals surface area contributed by atoms with E-state index >= 15 is 0 Å². The predicted octanol–water partition coefficient (Wildman–Crippen LogP) is 4.63. The Morgan fingerprint density at radius 3 is 2.43 bits per heavy atom. The SMILES string of the molecule is CCOC(=O)c1c(NC(=O)COC(=O)c2cc(OC)c(OC)c(OC)c2Br)sc2c1CC[C@@H](C)C2. The molecule has 1 aromatic carbocycles. The molecular formula is C24H28BrNO8S. The number of esters is 2. The van der Waals surface area contributed by atoms with Crippen LogP contribution in [-0.2, 0) is 27.1 Å². The van der Waals surface area contributed by atoms with Crippen molar-refractivity contribution in [2.24, 2.45) is 5.92 Å². The van der Waals surface area contributed by atoms with Crippen molar-refractivity contribution in [2.45, 2.75) is 33.1 Å². The summed E-state index contributed by atoms with van der Waals surface area (Å²) in [6.45, 7) is 3.57. The summed E-state index contributed by atoms with van der Waals surface area (Å²) < 4.78 is 26.7. The molecule has 1 heterocycles. The lowest BCUT2D eigenvalue weighted by Gasteiger charge is -2.18. The summed E-state index contributed by atoms with van der Waals surface area (Å²) in [6, 6.07) is 1.43. The third-order valence-electron chi connectivity index (χ3n) is 5.57. The molecule has 0 fully saturated rings. The quantitative estimate of drug-likeness (QED) is 0.435. The highest BCUT2D eigenvalue weighted by Gasteiger charge is 2.30. The largest absolute Gasteiger partial charge is 0.493 e. The van der Waals surface area contributed by atoms with Crippen LogP contribution in [0.4, 0.5) is 5.00 Å². The van der Waals surface area contributed by atoms with Gasteiger partial charge in [-0.3, -0.25) is 4.79 Å². The first-order chi connectivity index (χ1) is 16.7. The average molecular weight is 570 g/mol. The minimum atomic E-state index is -0.767. The van der Waals surface area contributed by atoms with Gasteiger partial charge in [0.2, 0.25) is 5.75 Å². The lowest BCUT2D eigenvalue weighted by Crippen LogP contribution is -2.22. The van der Waals surface area contributed by atoms with Crippen molar-refractivity contribution in [2.75, 3.05) is 39.9 Å². The molecule has 1 amide bonds. The topological polar surface area (TPSA) is 109 Å². The number of thiophene rings is 1. The van der Waals surface area contributed by atoms with Gasteiger partial charge >= 0.3 is 11.9 Å². The summed E-state index contributed by atoms with van der Waals surface area (Å²) in [5, 5.41) is 3.14. The molecule has 35 heavy (non-hydrogen) atoms. The summed E-state index contributed by atoms with van der Waals surface area (Å²) in [7, 11) is 4.30. The van der Waals surface area contributed by atoms with E-state index in [1.54, 1.807) is 6.92 Å². The lowest BCUT2D eigenvalue weighted by atomic mass is 9.88. The molecule has 0 bridgehead atoms. The van der Waals surface area contributed by atoms with E-state index in [2.05, 4.69) is 28.2 Å². The number of carbonyl (C=O) groups excluding carboxylic acids is 3. The number of fused-ring (bicyclic) bond motifs is 1. The van der Waals surface area contributed by atoms with Crippen molar-refractivity contribution in [1.29, 1.82) is 0 Å². The summed E-state index contributed by atoms with van der Waals surface area (Å²) in [4.78, 5) is 39.1. The van der Waals surface area contributed by atoms with Crippen LogP contribution in [0.3, 0.4) is 0 Å². The van der Waals surface area contributed by atoms with Gasteiger partial charge < -0.3 is 29.0 Å². The number of halogens is 1. The van der Waals surface area contributed by atoms with Gasteiger partial charge in [-0.2, -0.15) is 0 Å². The van der Waals surface area contributed by atoms with Crippen LogP contribution in [0.25, 0.3) is 0 Å². The standard InChI is InChI=1S/C24H28BrNO8S/c1-6-33-24(29)18-13-8-7-12(2)9-16(13)35-22(18)26-17(27)11-34-23(28)14-10-15(30-3)20(31-4)21(32-5)19(14)25/h10,12H,6-9,11H2,1-5H3,(H,26,27)/t12-/m1/s1. The number of hydrogen-bond donors (Lipinski definition) is 1. The maximum Gasteiger partial charge on any atom is 0.341 e. The molecule has 0 saturated carbocycles. The predicted molar refractivity (Wildman–Crippen MR) is 134 cm³/mol. The summed E-state index contributed by atoms with van der Waals surface area (Å²) in [6.07, 6.45) is 2.55. The van der Waals surface area contributed by atoms with Crippen molar-refractivity contribution in [3.8, 4) is 17.2 Å².